The Labute approximate surface area is 202 Å². The van der Waals surface area contributed by atoms with Gasteiger partial charge < -0.3 is 9.47 Å². The van der Waals surface area contributed by atoms with Crippen molar-refractivity contribution in [1.29, 1.82) is 0 Å². The molecule has 0 aromatic heterocycles. The molecule has 0 aliphatic carbocycles. The molecule has 34 heavy (non-hydrogen) atoms. The molecule has 0 spiro atoms. The smallest absolute Gasteiger partial charge is 0.487 e. The molecule has 1 aliphatic rings. The standard InChI is InChI=1S/C23H34O9P2/c1-14(2)8-7-12-23(6)13-11-18-17(5)21(15(3)16(4)22(18)30-23)29-19(24)9-10-20(33(27)31-25)34(28)32-26/h14,20H,7-13H2,1-6H3/p+2. The molecule has 2 N–H and O–H groups in total. The highest BCUT2D eigenvalue weighted by Gasteiger charge is 2.53. The van der Waals surface area contributed by atoms with Crippen LogP contribution >= 0.6 is 16.1 Å². The lowest BCUT2D eigenvalue weighted by Crippen LogP contribution is -2.37. The Morgan fingerprint density at radius 3 is 2.24 bits per heavy atom. The number of hydrogen-bond acceptors (Lipinski definition) is 9. The molecule has 3 unspecified atom stereocenters. The van der Waals surface area contributed by atoms with E-state index in [9.17, 15) is 13.9 Å². The van der Waals surface area contributed by atoms with Gasteiger partial charge in [-0.2, -0.15) is 0 Å². The van der Waals surface area contributed by atoms with E-state index in [0.29, 0.717) is 11.7 Å². The van der Waals surface area contributed by atoms with Crippen LogP contribution in [0.1, 0.15) is 81.5 Å². The highest BCUT2D eigenvalue weighted by atomic mass is 31.2. The maximum atomic E-state index is 12.5. The van der Waals surface area contributed by atoms with Crippen molar-refractivity contribution in [2.45, 2.75) is 97.5 Å². The number of hydrogen-bond donors (Lipinski definition) is 2. The van der Waals surface area contributed by atoms with Crippen LogP contribution in [0.25, 0.3) is 0 Å². The minimum atomic E-state index is -2.81. The molecule has 0 bridgehead atoms. The zero-order valence-electron chi connectivity index (χ0n) is 20.8. The van der Waals surface area contributed by atoms with E-state index in [1.807, 2.05) is 20.8 Å². The van der Waals surface area contributed by atoms with Crippen LogP contribution in [0.5, 0.6) is 11.5 Å². The Hall–Kier alpha value is -1.47. The summed E-state index contributed by atoms with van der Waals surface area (Å²) in [5.74, 6) is 1.35. The van der Waals surface area contributed by atoms with Gasteiger partial charge in [-0.3, -0.25) is 4.79 Å². The highest BCUT2D eigenvalue weighted by Crippen LogP contribution is 2.48. The Bertz CT molecular complexity index is 916. The third-order valence-corrected chi connectivity index (χ3v) is 9.46. The Kier molecular flexibility index (Phi) is 10.6. The first kappa shape index (κ1) is 28.8. The Morgan fingerprint density at radius 2 is 1.68 bits per heavy atom. The zero-order valence-corrected chi connectivity index (χ0v) is 22.5. The maximum absolute atomic E-state index is 12.5. The molecule has 0 saturated carbocycles. The lowest BCUT2D eigenvalue weighted by Gasteiger charge is -2.38. The molecule has 1 heterocycles. The lowest BCUT2D eigenvalue weighted by atomic mass is 9.84. The van der Waals surface area contributed by atoms with Gasteiger partial charge in [0.25, 0.3) is 0 Å². The first-order valence-electron chi connectivity index (χ1n) is 11.5. The number of carbonyl (C=O) groups excluding carboxylic acids is 1. The van der Waals surface area contributed by atoms with Crippen LogP contribution in [0, 0.1) is 26.7 Å². The summed E-state index contributed by atoms with van der Waals surface area (Å²) in [6.45, 7) is 12.3. The minimum absolute atomic E-state index is 0.227. The number of benzene rings is 1. The van der Waals surface area contributed by atoms with Crippen LogP contribution in [-0.4, -0.2) is 27.5 Å². The molecular formula is C23H36O9P2+2. The summed E-state index contributed by atoms with van der Waals surface area (Å²) in [6.07, 6.45) is 4.45. The average molecular weight is 518 g/mol. The molecule has 2 rings (SSSR count). The van der Waals surface area contributed by atoms with Crippen LogP contribution in [0.4, 0.5) is 0 Å². The van der Waals surface area contributed by atoms with Crippen molar-refractivity contribution in [2.24, 2.45) is 5.92 Å². The van der Waals surface area contributed by atoms with E-state index in [0.717, 1.165) is 60.1 Å². The second-order valence-electron chi connectivity index (χ2n) is 9.58. The minimum Gasteiger partial charge on any atom is -0.487 e. The summed E-state index contributed by atoms with van der Waals surface area (Å²) < 4.78 is 43.0. The monoisotopic (exact) mass is 518 g/mol. The maximum Gasteiger partial charge on any atom is 0.598 e. The van der Waals surface area contributed by atoms with Crippen molar-refractivity contribution in [3.05, 3.63) is 22.3 Å². The number of ether oxygens (including phenoxy) is 2. The van der Waals surface area contributed by atoms with Crippen LogP contribution < -0.4 is 9.47 Å². The summed E-state index contributed by atoms with van der Waals surface area (Å²) in [5, 5.41) is 15.8. The number of fused-ring (bicyclic) bond motifs is 1. The number of esters is 1. The van der Waals surface area contributed by atoms with Crippen LogP contribution in [0.3, 0.4) is 0 Å². The van der Waals surface area contributed by atoms with Crippen molar-refractivity contribution >= 4 is 22.0 Å². The first-order chi connectivity index (χ1) is 15.9. The molecule has 1 aliphatic heterocycles. The molecule has 0 saturated heterocycles. The van der Waals surface area contributed by atoms with E-state index < -0.39 is 27.4 Å². The molecule has 0 fully saturated rings. The van der Waals surface area contributed by atoms with Gasteiger partial charge in [-0.1, -0.05) is 20.3 Å². The molecule has 0 radical (unpaired) electrons. The van der Waals surface area contributed by atoms with Gasteiger partial charge in [-0.25, -0.2) is 10.5 Å². The van der Waals surface area contributed by atoms with Gasteiger partial charge >= 0.3 is 27.4 Å². The Balaban J connectivity index is 2.17. The van der Waals surface area contributed by atoms with Crippen molar-refractivity contribution in [2.75, 3.05) is 0 Å². The molecule has 11 heteroatoms. The van der Waals surface area contributed by atoms with Gasteiger partial charge in [0.15, 0.2) is 0 Å². The predicted octanol–water partition coefficient (Wildman–Crippen LogP) is 7.00. The fraction of sp³-hybridized carbons (Fsp3) is 0.696. The molecular weight excluding hydrogens is 482 g/mol. The van der Waals surface area contributed by atoms with Crippen LogP contribution in [0.2, 0.25) is 0 Å². The normalized spacial score (nSPS) is 19.3. The largest absolute Gasteiger partial charge is 0.598 e. The molecule has 1 aromatic rings. The fourth-order valence-corrected chi connectivity index (χ4v) is 6.07. The van der Waals surface area contributed by atoms with Gasteiger partial charge in [0.1, 0.15) is 17.1 Å². The highest BCUT2D eigenvalue weighted by molar-refractivity contribution is 7.58. The summed E-state index contributed by atoms with van der Waals surface area (Å²) in [7, 11) is -5.61. The summed E-state index contributed by atoms with van der Waals surface area (Å²) in [5.41, 5.74) is 3.35. The van der Waals surface area contributed by atoms with Gasteiger partial charge in [-0.05, 0) is 85.1 Å². The molecule has 9 nitrogen and oxygen atoms in total. The van der Waals surface area contributed by atoms with Crippen LogP contribution in [0.15, 0.2) is 0 Å². The SMILES string of the molecule is Cc1c(C)c2c(c(C)c1OC(=O)CCC([P+](=O)OO)[P+](=O)OO)CCC(C)(CCCC(C)C)O2. The summed E-state index contributed by atoms with van der Waals surface area (Å²) >= 11 is 0. The average Bonchev–Trinajstić information content (AvgIpc) is 2.79. The molecule has 3 atom stereocenters. The van der Waals surface area contributed by atoms with Gasteiger partial charge in [0.2, 0.25) is 0 Å². The van der Waals surface area contributed by atoms with Crippen molar-refractivity contribution in [3.8, 4) is 11.5 Å². The van der Waals surface area contributed by atoms with E-state index in [4.69, 9.17) is 20.0 Å². The van der Waals surface area contributed by atoms with Crippen molar-refractivity contribution < 1.29 is 43.3 Å². The third kappa shape index (κ3) is 7.03. The fourth-order valence-electron chi connectivity index (χ4n) is 4.30. The van der Waals surface area contributed by atoms with Gasteiger partial charge in [0, 0.05) is 14.9 Å². The van der Waals surface area contributed by atoms with E-state index in [-0.39, 0.29) is 18.4 Å². The lowest BCUT2D eigenvalue weighted by molar-refractivity contribution is -0.137. The topological polar surface area (TPSA) is 129 Å². The quantitative estimate of drug-likeness (QED) is 0.0988. The number of carbonyl (C=O) groups is 1. The van der Waals surface area contributed by atoms with Crippen molar-refractivity contribution in [1.82, 2.24) is 0 Å². The predicted molar refractivity (Wildman–Crippen MR) is 128 cm³/mol. The third-order valence-electron chi connectivity index (χ3n) is 6.52. The van der Waals surface area contributed by atoms with E-state index in [1.165, 1.54) is 0 Å². The zero-order chi connectivity index (χ0) is 25.6. The van der Waals surface area contributed by atoms with Crippen LogP contribution in [-0.2, 0) is 29.7 Å². The van der Waals surface area contributed by atoms with Crippen molar-refractivity contribution in [3.63, 3.8) is 0 Å². The second-order valence-corrected chi connectivity index (χ2v) is 12.7. The number of rotatable bonds is 12. The first-order valence-corrected chi connectivity index (χ1v) is 14.0. The van der Waals surface area contributed by atoms with E-state index in [2.05, 4.69) is 30.1 Å². The summed E-state index contributed by atoms with van der Waals surface area (Å²) in [4.78, 5) is 12.5. The van der Waals surface area contributed by atoms with E-state index >= 15 is 0 Å². The molecule has 1 aromatic carbocycles. The molecule has 0 amide bonds. The van der Waals surface area contributed by atoms with Gasteiger partial charge in [0.05, 0.1) is 12.8 Å². The van der Waals surface area contributed by atoms with Gasteiger partial charge in [-0.15, -0.1) is 0 Å². The summed E-state index contributed by atoms with van der Waals surface area (Å²) in [6, 6.07) is 0. The van der Waals surface area contributed by atoms with E-state index in [1.54, 1.807) is 0 Å². The molecule has 190 valence electrons. The second kappa shape index (κ2) is 12.5. The Morgan fingerprint density at radius 1 is 1.06 bits per heavy atom.